The molecular weight excluding hydrogens is 188 g/mol. The van der Waals surface area contributed by atoms with Crippen LogP contribution < -0.4 is 0 Å². The van der Waals surface area contributed by atoms with Crippen molar-refractivity contribution in [3.8, 4) is 0 Å². The average Bonchev–Trinajstić information content (AvgIpc) is 2.65. The Labute approximate surface area is 89.4 Å². The third kappa shape index (κ3) is 3.38. The van der Waals surface area contributed by atoms with Gasteiger partial charge in [0.25, 0.3) is 0 Å². The minimum absolute atomic E-state index is 0.565. The monoisotopic (exact) mass is 202 g/mol. The number of carbonyl (C=O) groups is 1. The number of allylic oxidation sites excluding steroid dienone is 5. The Hall–Kier alpha value is -1.90. The van der Waals surface area contributed by atoms with E-state index in [-0.39, 0.29) is 0 Å². The summed E-state index contributed by atoms with van der Waals surface area (Å²) in [5.74, 6) is 0. The summed E-state index contributed by atoms with van der Waals surface area (Å²) in [4.78, 5) is 14.5. The lowest BCUT2D eigenvalue weighted by molar-refractivity contribution is 0.111. The molecule has 0 aliphatic rings. The molecule has 0 fully saturated rings. The fraction of sp³-hybridized carbons (Fsp3) is 0.167. The third-order valence-electron chi connectivity index (χ3n) is 1.87. The van der Waals surface area contributed by atoms with Crippen molar-refractivity contribution in [2.24, 2.45) is 0 Å². The Bertz CT molecular complexity index is 400. The van der Waals surface area contributed by atoms with Crippen molar-refractivity contribution in [3.63, 3.8) is 0 Å². The molecule has 1 aromatic rings. The lowest BCUT2D eigenvalue weighted by atomic mass is 10.2. The molecule has 0 unspecified atom stereocenters. The summed E-state index contributed by atoms with van der Waals surface area (Å²) in [6, 6.07) is 0. The number of nitrogens with zero attached hydrogens (tertiary/aromatic N) is 2. The van der Waals surface area contributed by atoms with Crippen LogP contribution >= 0.6 is 0 Å². The van der Waals surface area contributed by atoms with Gasteiger partial charge in [0.1, 0.15) is 5.69 Å². The molecule has 1 aromatic heterocycles. The van der Waals surface area contributed by atoms with Gasteiger partial charge in [0.15, 0.2) is 6.29 Å². The maximum atomic E-state index is 10.6. The standard InChI is InChI=1S/C12H14N2O/c1-3-4-5-6-11(2)8-14-10-13-7-12(14)9-15/h3-7,9-10H,2,8H2,1H3/b4-3-,6-5-. The van der Waals surface area contributed by atoms with Crippen LogP contribution in [0.25, 0.3) is 0 Å². The van der Waals surface area contributed by atoms with Crippen LogP contribution in [0.15, 0.2) is 49.0 Å². The molecule has 0 N–H and O–H groups in total. The Morgan fingerprint density at radius 2 is 2.40 bits per heavy atom. The molecule has 78 valence electrons. The van der Waals surface area contributed by atoms with Crippen LogP contribution in [0, 0.1) is 0 Å². The predicted molar refractivity (Wildman–Crippen MR) is 60.7 cm³/mol. The molecule has 1 rings (SSSR count). The van der Waals surface area contributed by atoms with Crippen molar-refractivity contribution < 1.29 is 4.79 Å². The average molecular weight is 202 g/mol. The van der Waals surface area contributed by atoms with E-state index in [4.69, 9.17) is 0 Å². The summed E-state index contributed by atoms with van der Waals surface area (Å²) >= 11 is 0. The van der Waals surface area contributed by atoms with Gasteiger partial charge >= 0.3 is 0 Å². The number of aromatic nitrogens is 2. The van der Waals surface area contributed by atoms with Gasteiger partial charge in [-0.25, -0.2) is 4.98 Å². The SMILES string of the molecule is C=C(/C=C\C=C/C)Cn1cncc1C=O. The number of carbonyl (C=O) groups excluding carboxylic acids is 1. The van der Waals surface area contributed by atoms with E-state index in [1.807, 2.05) is 31.2 Å². The quantitative estimate of drug-likeness (QED) is 0.542. The summed E-state index contributed by atoms with van der Waals surface area (Å²) in [5.41, 5.74) is 1.49. The molecular formula is C12H14N2O. The Morgan fingerprint density at radius 1 is 1.60 bits per heavy atom. The summed E-state index contributed by atoms with van der Waals surface area (Å²) in [6.45, 7) is 6.43. The van der Waals surface area contributed by atoms with Gasteiger partial charge in [0.05, 0.1) is 12.5 Å². The van der Waals surface area contributed by atoms with Crippen molar-refractivity contribution in [2.75, 3.05) is 0 Å². The molecule has 0 saturated carbocycles. The second-order valence-electron chi connectivity index (χ2n) is 3.11. The highest BCUT2D eigenvalue weighted by molar-refractivity contribution is 5.71. The van der Waals surface area contributed by atoms with Gasteiger partial charge in [-0.2, -0.15) is 0 Å². The Morgan fingerprint density at radius 3 is 3.07 bits per heavy atom. The normalized spacial score (nSPS) is 11.3. The van der Waals surface area contributed by atoms with Crippen molar-refractivity contribution >= 4 is 6.29 Å². The van der Waals surface area contributed by atoms with Gasteiger partial charge in [-0.05, 0) is 12.5 Å². The maximum absolute atomic E-state index is 10.6. The summed E-state index contributed by atoms with van der Waals surface area (Å²) in [7, 11) is 0. The summed E-state index contributed by atoms with van der Waals surface area (Å²) in [5, 5.41) is 0. The van der Waals surface area contributed by atoms with Gasteiger partial charge in [0.2, 0.25) is 0 Å². The molecule has 0 amide bonds. The van der Waals surface area contributed by atoms with Crippen LogP contribution in [0.2, 0.25) is 0 Å². The zero-order valence-corrected chi connectivity index (χ0v) is 8.76. The second kappa shape index (κ2) is 5.75. The topological polar surface area (TPSA) is 34.9 Å². The number of rotatable bonds is 5. The first-order chi connectivity index (χ1) is 7.27. The van der Waals surface area contributed by atoms with Crippen molar-refractivity contribution in [3.05, 3.63) is 54.7 Å². The van der Waals surface area contributed by atoms with Gasteiger partial charge < -0.3 is 4.57 Å². The Kier molecular flexibility index (Phi) is 4.29. The number of aldehydes is 1. The molecule has 0 aliphatic heterocycles. The smallest absolute Gasteiger partial charge is 0.168 e. The first kappa shape index (κ1) is 11.2. The van der Waals surface area contributed by atoms with Crippen LogP contribution in [0.1, 0.15) is 17.4 Å². The maximum Gasteiger partial charge on any atom is 0.168 e. The highest BCUT2D eigenvalue weighted by atomic mass is 16.1. The highest BCUT2D eigenvalue weighted by Gasteiger charge is 1.99. The van der Waals surface area contributed by atoms with Gasteiger partial charge in [-0.1, -0.05) is 30.9 Å². The van der Waals surface area contributed by atoms with Gasteiger partial charge in [-0.15, -0.1) is 0 Å². The van der Waals surface area contributed by atoms with Crippen LogP contribution in [0.3, 0.4) is 0 Å². The fourth-order valence-electron chi connectivity index (χ4n) is 1.14. The van der Waals surface area contributed by atoms with E-state index >= 15 is 0 Å². The molecule has 0 bridgehead atoms. The zero-order valence-electron chi connectivity index (χ0n) is 8.76. The van der Waals surface area contributed by atoms with E-state index < -0.39 is 0 Å². The van der Waals surface area contributed by atoms with Crippen molar-refractivity contribution in [1.82, 2.24) is 9.55 Å². The first-order valence-corrected chi connectivity index (χ1v) is 4.70. The molecule has 0 saturated heterocycles. The van der Waals surface area contributed by atoms with Gasteiger partial charge in [0, 0.05) is 6.54 Å². The zero-order chi connectivity index (χ0) is 11.1. The lowest BCUT2D eigenvalue weighted by Gasteiger charge is -2.02. The van der Waals surface area contributed by atoms with Crippen molar-refractivity contribution in [2.45, 2.75) is 13.5 Å². The summed E-state index contributed by atoms with van der Waals surface area (Å²) in [6.07, 6.45) is 11.6. The van der Waals surface area contributed by atoms with Crippen LogP contribution in [0.4, 0.5) is 0 Å². The van der Waals surface area contributed by atoms with E-state index in [0.717, 1.165) is 11.9 Å². The predicted octanol–water partition coefficient (Wildman–Crippen LogP) is 2.38. The Balaban J connectivity index is 2.62. The minimum Gasteiger partial charge on any atom is -0.324 e. The molecule has 0 atom stereocenters. The first-order valence-electron chi connectivity index (χ1n) is 4.70. The molecule has 0 aromatic carbocycles. The lowest BCUT2D eigenvalue weighted by Crippen LogP contribution is -2.01. The van der Waals surface area contributed by atoms with Crippen LogP contribution in [-0.4, -0.2) is 15.8 Å². The highest BCUT2D eigenvalue weighted by Crippen LogP contribution is 2.02. The van der Waals surface area contributed by atoms with Crippen molar-refractivity contribution in [1.29, 1.82) is 0 Å². The van der Waals surface area contributed by atoms with E-state index in [9.17, 15) is 4.79 Å². The molecule has 0 spiro atoms. The van der Waals surface area contributed by atoms with Gasteiger partial charge in [-0.3, -0.25) is 4.79 Å². The minimum atomic E-state index is 0.565. The molecule has 3 heteroatoms. The fourth-order valence-corrected chi connectivity index (χ4v) is 1.14. The van der Waals surface area contributed by atoms with E-state index in [1.165, 1.54) is 6.20 Å². The number of hydrogen-bond donors (Lipinski definition) is 0. The summed E-state index contributed by atoms with van der Waals surface area (Å²) < 4.78 is 1.76. The second-order valence-corrected chi connectivity index (χ2v) is 3.11. The van der Waals surface area contributed by atoms with E-state index in [1.54, 1.807) is 10.9 Å². The number of imidazole rings is 1. The third-order valence-corrected chi connectivity index (χ3v) is 1.87. The molecule has 15 heavy (non-hydrogen) atoms. The van der Waals surface area contributed by atoms with E-state index in [2.05, 4.69) is 11.6 Å². The van der Waals surface area contributed by atoms with E-state index in [0.29, 0.717) is 12.2 Å². The van der Waals surface area contributed by atoms with Crippen LogP contribution in [0.5, 0.6) is 0 Å². The van der Waals surface area contributed by atoms with Crippen LogP contribution in [-0.2, 0) is 6.54 Å². The molecule has 3 nitrogen and oxygen atoms in total. The largest absolute Gasteiger partial charge is 0.324 e. The molecule has 0 aliphatic carbocycles. The molecule has 1 heterocycles. The number of hydrogen-bond acceptors (Lipinski definition) is 2. The molecule has 0 radical (unpaired) electrons.